The van der Waals surface area contributed by atoms with Crippen molar-refractivity contribution in [1.29, 1.82) is 0 Å². The van der Waals surface area contributed by atoms with Crippen molar-refractivity contribution in [3.63, 3.8) is 0 Å². The van der Waals surface area contributed by atoms with Gasteiger partial charge in [-0.15, -0.1) is 0 Å². The maximum Gasteiger partial charge on any atom is 0.416 e. The van der Waals surface area contributed by atoms with Gasteiger partial charge in [0.1, 0.15) is 5.75 Å². The lowest BCUT2D eigenvalue weighted by molar-refractivity contribution is -0.144. The van der Waals surface area contributed by atoms with E-state index in [4.69, 9.17) is 14.6 Å². The summed E-state index contributed by atoms with van der Waals surface area (Å²) in [6.45, 7) is 1.21. The van der Waals surface area contributed by atoms with Crippen LogP contribution in [-0.4, -0.2) is 44.0 Å². The molecule has 0 spiro atoms. The monoisotopic (exact) mass is 433 g/mol. The van der Waals surface area contributed by atoms with Crippen molar-refractivity contribution < 1.29 is 41.0 Å². The minimum atomic E-state index is -4.65. The van der Waals surface area contributed by atoms with Crippen LogP contribution in [-0.2, 0) is 21.0 Å². The van der Waals surface area contributed by atoms with Crippen LogP contribution in [0.15, 0.2) is 47.4 Å². The molecule has 1 atom stereocenters. The topological polar surface area (TPSA) is 93.1 Å². The third-order valence-electron chi connectivity index (χ3n) is 3.75. The van der Waals surface area contributed by atoms with Crippen molar-refractivity contribution in [1.82, 2.24) is 4.31 Å². The molecular weight excluding hydrogens is 415 g/mol. The van der Waals surface area contributed by atoms with Gasteiger partial charge in [0.15, 0.2) is 17.6 Å². The molecule has 2 aromatic carbocycles. The fraction of sp³-hybridized carbons (Fsp3) is 0.278. The predicted molar refractivity (Wildman–Crippen MR) is 96.6 cm³/mol. The Kier molecular flexibility index (Phi) is 6.43. The molecule has 0 amide bonds. The van der Waals surface area contributed by atoms with E-state index in [1.54, 1.807) is 0 Å². The Morgan fingerprint density at radius 1 is 1.07 bits per heavy atom. The van der Waals surface area contributed by atoms with Gasteiger partial charge in [0, 0.05) is 14.1 Å². The van der Waals surface area contributed by atoms with E-state index >= 15 is 0 Å². The molecule has 29 heavy (non-hydrogen) atoms. The van der Waals surface area contributed by atoms with Crippen LogP contribution in [0.5, 0.6) is 17.2 Å². The second-order valence-corrected chi connectivity index (χ2v) is 8.27. The zero-order valence-corrected chi connectivity index (χ0v) is 16.4. The van der Waals surface area contributed by atoms with Gasteiger partial charge in [-0.2, -0.15) is 13.2 Å². The highest BCUT2D eigenvalue weighted by Gasteiger charge is 2.32. The Morgan fingerprint density at radius 2 is 1.66 bits per heavy atom. The number of halogens is 3. The van der Waals surface area contributed by atoms with Crippen LogP contribution in [0, 0.1) is 0 Å². The Bertz CT molecular complexity index is 988. The molecule has 0 aliphatic carbocycles. The molecule has 2 rings (SSSR count). The summed E-state index contributed by atoms with van der Waals surface area (Å²) in [5.41, 5.74) is -1.02. The van der Waals surface area contributed by atoms with Crippen molar-refractivity contribution >= 4 is 16.0 Å². The number of rotatable bonds is 7. The molecule has 0 bridgehead atoms. The maximum atomic E-state index is 13.0. The summed E-state index contributed by atoms with van der Waals surface area (Å²) in [6.07, 6.45) is -5.99. The van der Waals surface area contributed by atoms with Crippen molar-refractivity contribution in [2.45, 2.75) is 24.1 Å². The van der Waals surface area contributed by atoms with E-state index < -0.39 is 33.8 Å². The third kappa shape index (κ3) is 5.39. The first-order chi connectivity index (χ1) is 13.3. The fourth-order valence-corrected chi connectivity index (χ4v) is 3.02. The van der Waals surface area contributed by atoms with Gasteiger partial charge in [-0.05, 0) is 49.4 Å². The largest absolute Gasteiger partial charge is 0.479 e. The lowest BCUT2D eigenvalue weighted by Crippen LogP contribution is -2.23. The predicted octanol–water partition coefficient (Wildman–Crippen LogP) is 3.60. The molecule has 0 saturated carbocycles. The zero-order chi connectivity index (χ0) is 22.0. The molecule has 0 saturated heterocycles. The number of aliphatic carboxylic acids is 1. The number of benzene rings is 2. The van der Waals surface area contributed by atoms with Crippen molar-refractivity contribution in [3.8, 4) is 17.2 Å². The van der Waals surface area contributed by atoms with Crippen LogP contribution in [0.3, 0.4) is 0 Å². The highest BCUT2D eigenvalue weighted by Crippen LogP contribution is 2.39. The van der Waals surface area contributed by atoms with Gasteiger partial charge in [-0.25, -0.2) is 17.5 Å². The van der Waals surface area contributed by atoms with Gasteiger partial charge in [-0.3, -0.25) is 0 Å². The Labute approximate surface area is 165 Å². The van der Waals surface area contributed by atoms with E-state index in [9.17, 15) is 26.4 Å². The second-order valence-electron chi connectivity index (χ2n) is 6.12. The molecular formula is C18H18F3NO6S. The highest BCUT2D eigenvalue weighted by atomic mass is 32.2. The summed E-state index contributed by atoms with van der Waals surface area (Å²) in [5.74, 6) is -1.85. The fourth-order valence-electron chi connectivity index (χ4n) is 2.12. The molecule has 0 heterocycles. The summed E-state index contributed by atoms with van der Waals surface area (Å²) in [5, 5.41) is 8.95. The van der Waals surface area contributed by atoms with Gasteiger partial charge in [-0.1, -0.05) is 0 Å². The molecule has 11 heteroatoms. The van der Waals surface area contributed by atoms with Gasteiger partial charge in [0.25, 0.3) is 0 Å². The molecule has 0 aliphatic rings. The number of carboxylic acids is 1. The number of carboxylic acid groups (broad SMARTS) is 1. The molecule has 0 aromatic heterocycles. The maximum absolute atomic E-state index is 13.0. The van der Waals surface area contributed by atoms with Gasteiger partial charge in [0.2, 0.25) is 10.0 Å². The van der Waals surface area contributed by atoms with Crippen molar-refractivity contribution in [3.05, 3.63) is 48.0 Å². The minimum Gasteiger partial charge on any atom is -0.479 e. The summed E-state index contributed by atoms with van der Waals surface area (Å²) in [6, 6.07) is 7.37. The van der Waals surface area contributed by atoms with E-state index in [-0.39, 0.29) is 22.1 Å². The van der Waals surface area contributed by atoms with E-state index in [1.807, 2.05) is 0 Å². The molecule has 0 aliphatic heterocycles. The Balaban J connectivity index is 2.40. The number of hydrogen-bond acceptors (Lipinski definition) is 5. The quantitative estimate of drug-likeness (QED) is 0.717. The van der Waals surface area contributed by atoms with Crippen LogP contribution in [0.1, 0.15) is 12.5 Å². The summed E-state index contributed by atoms with van der Waals surface area (Å²) >= 11 is 0. The number of alkyl halides is 3. The summed E-state index contributed by atoms with van der Waals surface area (Å²) < 4.78 is 74.8. The van der Waals surface area contributed by atoms with E-state index in [2.05, 4.69) is 0 Å². The molecule has 1 N–H and O–H groups in total. The third-order valence-corrected chi connectivity index (χ3v) is 5.58. The molecule has 158 valence electrons. The summed E-state index contributed by atoms with van der Waals surface area (Å²) in [4.78, 5) is 10.9. The lowest BCUT2D eigenvalue weighted by atomic mass is 10.2. The molecule has 0 fully saturated rings. The smallest absolute Gasteiger partial charge is 0.416 e. The number of sulfonamides is 1. The van der Waals surface area contributed by atoms with Crippen molar-refractivity contribution in [2.24, 2.45) is 0 Å². The van der Waals surface area contributed by atoms with E-state index in [0.717, 1.165) is 16.4 Å². The van der Waals surface area contributed by atoms with Crippen LogP contribution < -0.4 is 9.47 Å². The highest BCUT2D eigenvalue weighted by molar-refractivity contribution is 7.89. The number of hydrogen-bond donors (Lipinski definition) is 1. The van der Waals surface area contributed by atoms with E-state index in [0.29, 0.717) is 6.07 Å². The number of carbonyl (C=O) groups is 1. The van der Waals surface area contributed by atoms with Gasteiger partial charge >= 0.3 is 12.1 Å². The Hall–Kier alpha value is -2.79. The van der Waals surface area contributed by atoms with Crippen LogP contribution >= 0.6 is 0 Å². The molecule has 7 nitrogen and oxygen atoms in total. The lowest BCUT2D eigenvalue weighted by Gasteiger charge is -2.17. The minimum absolute atomic E-state index is 0.0325. The van der Waals surface area contributed by atoms with Gasteiger partial charge < -0.3 is 14.6 Å². The molecule has 1 unspecified atom stereocenters. The van der Waals surface area contributed by atoms with Crippen LogP contribution in [0.2, 0.25) is 0 Å². The SMILES string of the molecule is CC(Oc1ccc(C(F)(F)F)cc1Oc1ccc(S(=O)(=O)N(C)C)cc1)C(=O)O. The van der Waals surface area contributed by atoms with Crippen LogP contribution in [0.25, 0.3) is 0 Å². The van der Waals surface area contributed by atoms with Crippen LogP contribution in [0.4, 0.5) is 13.2 Å². The number of ether oxygens (including phenoxy) is 2. The second kappa shape index (κ2) is 8.29. The zero-order valence-electron chi connectivity index (χ0n) is 15.6. The first-order valence-electron chi connectivity index (χ1n) is 8.13. The standard InChI is InChI=1S/C18H18F3NO6S/c1-11(17(23)24)27-15-9-4-12(18(19,20)21)10-16(15)28-13-5-7-14(8-6-13)29(25,26)22(2)3/h4-11H,1-3H3,(H,23,24). The Morgan fingerprint density at radius 3 is 2.14 bits per heavy atom. The average molecular weight is 433 g/mol. The average Bonchev–Trinajstić information content (AvgIpc) is 2.62. The molecule has 0 radical (unpaired) electrons. The first kappa shape index (κ1) is 22.5. The van der Waals surface area contributed by atoms with Gasteiger partial charge in [0.05, 0.1) is 10.5 Å². The van der Waals surface area contributed by atoms with Crippen molar-refractivity contribution in [2.75, 3.05) is 14.1 Å². The van der Waals surface area contributed by atoms with E-state index in [1.165, 1.54) is 45.3 Å². The summed E-state index contributed by atoms with van der Waals surface area (Å²) in [7, 11) is -0.974. The normalized spacial score (nSPS) is 13.2. The first-order valence-corrected chi connectivity index (χ1v) is 9.57. The molecule has 2 aromatic rings. The number of nitrogens with zero attached hydrogens (tertiary/aromatic N) is 1.